The van der Waals surface area contributed by atoms with E-state index in [4.69, 9.17) is 0 Å². The van der Waals surface area contributed by atoms with Crippen LogP contribution in [-0.4, -0.2) is 6.67 Å². The van der Waals surface area contributed by atoms with Crippen LogP contribution in [0.3, 0.4) is 0 Å². The van der Waals surface area contributed by atoms with Gasteiger partial charge in [0.25, 0.3) is 0 Å². The largest absolute Gasteiger partial charge is 0.251 e. The van der Waals surface area contributed by atoms with Crippen molar-refractivity contribution in [1.29, 1.82) is 0 Å². The van der Waals surface area contributed by atoms with Crippen molar-refractivity contribution in [2.45, 2.75) is 32.6 Å². The Morgan fingerprint density at radius 1 is 1.38 bits per heavy atom. The molecule has 0 radical (unpaired) electrons. The maximum Gasteiger partial charge on any atom is 0.0947 e. The Morgan fingerprint density at radius 3 is 2.12 bits per heavy atom. The molecule has 0 aromatic carbocycles. The lowest BCUT2D eigenvalue weighted by Crippen LogP contribution is -2.12. The summed E-state index contributed by atoms with van der Waals surface area (Å²) in [5, 5.41) is 0. The van der Waals surface area contributed by atoms with E-state index in [2.05, 4.69) is 0 Å². The van der Waals surface area contributed by atoms with Crippen molar-refractivity contribution in [2.75, 3.05) is 6.67 Å². The van der Waals surface area contributed by atoms with Crippen molar-refractivity contribution in [3.8, 4) is 0 Å². The lowest BCUT2D eigenvalue weighted by atomic mass is 9.91. The molecule has 0 aliphatic heterocycles. The predicted molar refractivity (Wildman–Crippen MR) is 32.5 cm³/mol. The van der Waals surface area contributed by atoms with Crippen LogP contribution in [0, 0.1) is 5.41 Å². The molecule has 0 aromatic heterocycles. The summed E-state index contributed by atoms with van der Waals surface area (Å²) in [6, 6.07) is 0. The summed E-state index contributed by atoms with van der Waals surface area (Å²) in [7, 11) is 0. The van der Waals surface area contributed by atoms with Gasteiger partial charge in [0, 0.05) is 0 Å². The first kappa shape index (κ1) is 6.06. The van der Waals surface area contributed by atoms with E-state index >= 15 is 0 Å². The highest BCUT2D eigenvalue weighted by Gasteiger charge is 2.27. The van der Waals surface area contributed by atoms with Gasteiger partial charge >= 0.3 is 0 Å². The molecule has 0 atom stereocenters. The minimum absolute atomic E-state index is 0.0694. The van der Waals surface area contributed by atoms with Gasteiger partial charge in [-0.1, -0.05) is 19.8 Å². The lowest BCUT2D eigenvalue weighted by Gasteiger charge is -2.16. The molecule has 1 saturated carbocycles. The average molecular weight is 116 g/mol. The number of rotatable bonds is 1. The molecule has 1 fully saturated rings. The molecule has 0 unspecified atom stereocenters. The Balaban J connectivity index is 2.40. The molecule has 1 heteroatoms. The zero-order valence-electron chi connectivity index (χ0n) is 5.41. The second-order valence-electron chi connectivity index (χ2n) is 3.15. The van der Waals surface area contributed by atoms with Gasteiger partial charge in [-0.25, -0.2) is 0 Å². The Morgan fingerprint density at radius 2 is 1.88 bits per heavy atom. The van der Waals surface area contributed by atoms with Gasteiger partial charge in [-0.2, -0.15) is 0 Å². The maximum absolute atomic E-state index is 12.1. The van der Waals surface area contributed by atoms with Crippen LogP contribution in [0.1, 0.15) is 32.6 Å². The third-order valence-corrected chi connectivity index (χ3v) is 2.13. The number of alkyl halides is 1. The minimum atomic E-state index is -0.118. The molecule has 0 amide bonds. The van der Waals surface area contributed by atoms with Crippen molar-refractivity contribution in [3.05, 3.63) is 0 Å². The molecule has 0 heterocycles. The standard InChI is InChI=1S/C7H13F/c1-7(6-8)4-2-3-5-7/h2-6H2,1H3. The van der Waals surface area contributed by atoms with Gasteiger partial charge in [0.2, 0.25) is 0 Å². The summed E-state index contributed by atoms with van der Waals surface area (Å²) >= 11 is 0. The predicted octanol–water partition coefficient (Wildman–Crippen LogP) is 2.54. The minimum Gasteiger partial charge on any atom is -0.251 e. The molecular weight excluding hydrogens is 103 g/mol. The van der Waals surface area contributed by atoms with E-state index in [-0.39, 0.29) is 12.1 Å². The van der Waals surface area contributed by atoms with Gasteiger partial charge in [-0.3, -0.25) is 4.39 Å². The first-order chi connectivity index (χ1) is 3.77. The molecule has 0 bridgehead atoms. The summed E-state index contributed by atoms with van der Waals surface area (Å²) in [4.78, 5) is 0. The summed E-state index contributed by atoms with van der Waals surface area (Å²) in [6.45, 7) is 1.92. The summed E-state index contributed by atoms with van der Waals surface area (Å²) in [5.74, 6) is 0. The molecule has 1 aliphatic rings. The van der Waals surface area contributed by atoms with Gasteiger partial charge in [-0.15, -0.1) is 0 Å². The third-order valence-electron chi connectivity index (χ3n) is 2.13. The van der Waals surface area contributed by atoms with Gasteiger partial charge in [0.15, 0.2) is 0 Å². The molecule has 0 nitrogen and oxygen atoms in total. The molecular formula is C7H13F. The Bertz CT molecular complexity index is 72.5. The molecule has 1 rings (SSSR count). The molecule has 0 N–H and O–H groups in total. The van der Waals surface area contributed by atoms with Crippen LogP contribution in [0.2, 0.25) is 0 Å². The summed E-state index contributed by atoms with van der Waals surface area (Å²) in [5.41, 5.74) is 0.0694. The summed E-state index contributed by atoms with van der Waals surface area (Å²) in [6.07, 6.45) is 4.67. The second kappa shape index (κ2) is 2.04. The third kappa shape index (κ3) is 1.01. The normalized spacial score (nSPS) is 26.2. The highest BCUT2D eigenvalue weighted by molar-refractivity contribution is 4.78. The topological polar surface area (TPSA) is 0 Å². The van der Waals surface area contributed by atoms with Crippen LogP contribution in [-0.2, 0) is 0 Å². The first-order valence-electron chi connectivity index (χ1n) is 3.33. The van der Waals surface area contributed by atoms with E-state index in [0.717, 1.165) is 12.8 Å². The van der Waals surface area contributed by atoms with Crippen LogP contribution in [0.15, 0.2) is 0 Å². The van der Waals surface area contributed by atoms with E-state index in [1.165, 1.54) is 12.8 Å². The fourth-order valence-electron chi connectivity index (χ4n) is 1.36. The number of hydrogen-bond acceptors (Lipinski definition) is 0. The molecule has 0 aromatic rings. The molecule has 1 aliphatic carbocycles. The van der Waals surface area contributed by atoms with Crippen molar-refractivity contribution >= 4 is 0 Å². The molecule has 48 valence electrons. The lowest BCUT2D eigenvalue weighted by molar-refractivity contribution is 0.239. The van der Waals surface area contributed by atoms with E-state index in [9.17, 15) is 4.39 Å². The zero-order chi connectivity index (χ0) is 6.04. The van der Waals surface area contributed by atoms with E-state index in [1.54, 1.807) is 0 Å². The molecule has 8 heavy (non-hydrogen) atoms. The highest BCUT2D eigenvalue weighted by Crippen LogP contribution is 2.37. The van der Waals surface area contributed by atoms with Gasteiger partial charge in [-0.05, 0) is 18.3 Å². The second-order valence-corrected chi connectivity index (χ2v) is 3.15. The monoisotopic (exact) mass is 116 g/mol. The number of hydrogen-bond donors (Lipinski definition) is 0. The quantitative estimate of drug-likeness (QED) is 0.494. The molecule has 0 saturated heterocycles. The van der Waals surface area contributed by atoms with Crippen LogP contribution in [0.4, 0.5) is 4.39 Å². The van der Waals surface area contributed by atoms with Crippen molar-refractivity contribution in [2.24, 2.45) is 5.41 Å². The average Bonchev–Trinajstić information content (AvgIpc) is 2.17. The van der Waals surface area contributed by atoms with Gasteiger partial charge in [0.1, 0.15) is 0 Å². The van der Waals surface area contributed by atoms with Crippen molar-refractivity contribution in [1.82, 2.24) is 0 Å². The zero-order valence-corrected chi connectivity index (χ0v) is 5.41. The van der Waals surface area contributed by atoms with Crippen LogP contribution < -0.4 is 0 Å². The maximum atomic E-state index is 12.1. The first-order valence-corrected chi connectivity index (χ1v) is 3.33. The Kier molecular flexibility index (Phi) is 1.54. The van der Waals surface area contributed by atoms with Crippen molar-refractivity contribution < 1.29 is 4.39 Å². The number of halogens is 1. The van der Waals surface area contributed by atoms with E-state index in [0.29, 0.717) is 0 Å². The van der Waals surface area contributed by atoms with Gasteiger partial charge in [0.05, 0.1) is 6.67 Å². The van der Waals surface area contributed by atoms with E-state index < -0.39 is 0 Å². The highest BCUT2D eigenvalue weighted by atomic mass is 19.1. The van der Waals surface area contributed by atoms with Crippen LogP contribution in [0.5, 0.6) is 0 Å². The Hall–Kier alpha value is -0.0700. The van der Waals surface area contributed by atoms with Crippen molar-refractivity contribution in [3.63, 3.8) is 0 Å². The van der Waals surface area contributed by atoms with E-state index in [1.807, 2.05) is 6.92 Å². The van der Waals surface area contributed by atoms with Gasteiger partial charge < -0.3 is 0 Å². The molecule has 0 spiro atoms. The fraction of sp³-hybridized carbons (Fsp3) is 1.00. The Labute approximate surface area is 50.1 Å². The SMILES string of the molecule is CC1(CF)CCCC1. The van der Waals surface area contributed by atoms with Crippen LogP contribution >= 0.6 is 0 Å². The van der Waals surface area contributed by atoms with Crippen LogP contribution in [0.25, 0.3) is 0 Å². The fourth-order valence-corrected chi connectivity index (χ4v) is 1.36. The smallest absolute Gasteiger partial charge is 0.0947 e. The summed E-state index contributed by atoms with van der Waals surface area (Å²) < 4.78 is 12.1.